The van der Waals surface area contributed by atoms with Crippen LogP contribution in [-0.2, 0) is 14.4 Å². The number of rotatable bonds is 5. The summed E-state index contributed by atoms with van der Waals surface area (Å²) in [6, 6.07) is -0.852. The molecule has 0 aromatic heterocycles. The van der Waals surface area contributed by atoms with E-state index in [1.807, 2.05) is 13.8 Å². The summed E-state index contributed by atoms with van der Waals surface area (Å²) < 4.78 is 0. The molecule has 1 aliphatic rings. The lowest BCUT2D eigenvalue weighted by Crippen LogP contribution is -2.48. The van der Waals surface area contributed by atoms with E-state index in [0.717, 1.165) is 0 Å². The standard InChI is InChI=1S/C12H20N2O4/c1-7(2)5-9(12(17)18)14-11(16)8-3-4-10(15)13-6-8/h7-9H,3-6H2,1-2H3,(H,13,15)(H,14,16)(H,17,18)/t8-,9+/m0/s1. The highest BCUT2D eigenvalue weighted by molar-refractivity contribution is 5.87. The van der Waals surface area contributed by atoms with Gasteiger partial charge in [-0.25, -0.2) is 4.79 Å². The van der Waals surface area contributed by atoms with Crippen molar-refractivity contribution in [1.82, 2.24) is 10.6 Å². The Bertz CT molecular complexity index is 331. The first-order chi connectivity index (χ1) is 8.40. The van der Waals surface area contributed by atoms with E-state index in [1.165, 1.54) is 0 Å². The minimum Gasteiger partial charge on any atom is -0.480 e. The van der Waals surface area contributed by atoms with Gasteiger partial charge in [0.1, 0.15) is 6.04 Å². The minimum atomic E-state index is -1.02. The monoisotopic (exact) mass is 256 g/mol. The number of hydrogen-bond donors (Lipinski definition) is 3. The molecule has 1 saturated heterocycles. The van der Waals surface area contributed by atoms with Crippen molar-refractivity contribution in [1.29, 1.82) is 0 Å². The van der Waals surface area contributed by atoms with Crippen LogP contribution in [0.5, 0.6) is 0 Å². The zero-order valence-corrected chi connectivity index (χ0v) is 10.7. The fourth-order valence-electron chi connectivity index (χ4n) is 1.94. The second-order valence-corrected chi connectivity index (χ2v) is 5.07. The third-order valence-electron chi connectivity index (χ3n) is 2.96. The summed E-state index contributed by atoms with van der Waals surface area (Å²) in [7, 11) is 0. The number of carbonyl (C=O) groups is 3. The lowest BCUT2D eigenvalue weighted by atomic mass is 9.97. The van der Waals surface area contributed by atoms with Crippen LogP contribution in [0, 0.1) is 11.8 Å². The van der Waals surface area contributed by atoms with E-state index in [0.29, 0.717) is 25.8 Å². The highest BCUT2D eigenvalue weighted by atomic mass is 16.4. The molecule has 1 heterocycles. The van der Waals surface area contributed by atoms with Crippen molar-refractivity contribution >= 4 is 17.8 Å². The summed E-state index contributed by atoms with van der Waals surface area (Å²) in [5, 5.41) is 14.2. The molecule has 0 spiro atoms. The number of piperidine rings is 1. The fraction of sp³-hybridized carbons (Fsp3) is 0.750. The third kappa shape index (κ3) is 4.35. The van der Waals surface area contributed by atoms with Crippen LogP contribution in [0.25, 0.3) is 0 Å². The Morgan fingerprint density at radius 3 is 2.61 bits per heavy atom. The molecule has 0 aliphatic carbocycles. The van der Waals surface area contributed by atoms with Crippen LogP contribution in [-0.4, -0.2) is 35.5 Å². The number of carboxylic acid groups (broad SMARTS) is 1. The first kappa shape index (κ1) is 14.5. The van der Waals surface area contributed by atoms with E-state index in [2.05, 4.69) is 10.6 Å². The van der Waals surface area contributed by atoms with Crippen molar-refractivity contribution in [3.05, 3.63) is 0 Å². The molecule has 1 aliphatic heterocycles. The normalized spacial score (nSPS) is 21.3. The zero-order valence-electron chi connectivity index (χ0n) is 10.7. The van der Waals surface area contributed by atoms with Crippen LogP contribution in [0.4, 0.5) is 0 Å². The second kappa shape index (κ2) is 6.37. The van der Waals surface area contributed by atoms with Gasteiger partial charge in [0.25, 0.3) is 0 Å². The smallest absolute Gasteiger partial charge is 0.326 e. The third-order valence-corrected chi connectivity index (χ3v) is 2.96. The maximum Gasteiger partial charge on any atom is 0.326 e. The molecular formula is C12H20N2O4. The average Bonchev–Trinajstić information content (AvgIpc) is 2.28. The Balaban J connectivity index is 2.50. The van der Waals surface area contributed by atoms with Gasteiger partial charge in [-0.3, -0.25) is 9.59 Å². The Labute approximate surface area is 106 Å². The summed E-state index contributed by atoms with van der Waals surface area (Å²) in [5.74, 6) is -1.50. The van der Waals surface area contributed by atoms with Gasteiger partial charge in [-0.2, -0.15) is 0 Å². The number of nitrogens with one attached hydrogen (secondary N) is 2. The Morgan fingerprint density at radius 2 is 2.17 bits per heavy atom. The first-order valence-electron chi connectivity index (χ1n) is 6.20. The number of amides is 2. The molecule has 6 heteroatoms. The van der Waals surface area contributed by atoms with Gasteiger partial charge in [0, 0.05) is 13.0 Å². The number of carboxylic acids is 1. The maximum atomic E-state index is 11.9. The second-order valence-electron chi connectivity index (χ2n) is 5.07. The van der Waals surface area contributed by atoms with E-state index in [4.69, 9.17) is 5.11 Å². The largest absolute Gasteiger partial charge is 0.480 e. The molecule has 0 aromatic rings. The van der Waals surface area contributed by atoms with Gasteiger partial charge >= 0.3 is 5.97 Å². The summed E-state index contributed by atoms with van der Waals surface area (Å²) >= 11 is 0. The lowest BCUT2D eigenvalue weighted by Gasteiger charge is -2.24. The van der Waals surface area contributed by atoms with Gasteiger partial charge in [0.05, 0.1) is 5.92 Å². The summed E-state index contributed by atoms with van der Waals surface area (Å²) in [6.45, 7) is 4.10. The number of aliphatic carboxylic acids is 1. The SMILES string of the molecule is CC(C)C[C@@H](NC(=O)[C@H]1CCC(=O)NC1)C(=O)O. The van der Waals surface area contributed by atoms with Gasteiger partial charge in [-0.05, 0) is 18.8 Å². The molecular weight excluding hydrogens is 236 g/mol. The Kier molecular flexibility index (Phi) is 5.12. The summed E-state index contributed by atoms with van der Waals surface area (Å²) in [4.78, 5) is 33.9. The van der Waals surface area contributed by atoms with Crippen molar-refractivity contribution < 1.29 is 19.5 Å². The molecule has 6 nitrogen and oxygen atoms in total. The van der Waals surface area contributed by atoms with Crippen molar-refractivity contribution in [3.8, 4) is 0 Å². The molecule has 0 aromatic carbocycles. The topological polar surface area (TPSA) is 95.5 Å². The molecule has 1 rings (SSSR count). The molecule has 3 N–H and O–H groups in total. The number of hydrogen-bond acceptors (Lipinski definition) is 3. The molecule has 2 amide bonds. The van der Waals surface area contributed by atoms with E-state index in [1.54, 1.807) is 0 Å². The predicted molar refractivity (Wildman–Crippen MR) is 64.8 cm³/mol. The lowest BCUT2D eigenvalue weighted by molar-refractivity contribution is -0.143. The van der Waals surface area contributed by atoms with Crippen LogP contribution < -0.4 is 10.6 Å². The molecule has 1 fully saturated rings. The average molecular weight is 256 g/mol. The Morgan fingerprint density at radius 1 is 1.50 bits per heavy atom. The molecule has 0 unspecified atom stereocenters. The molecule has 0 saturated carbocycles. The molecule has 102 valence electrons. The Hall–Kier alpha value is -1.59. The molecule has 0 radical (unpaired) electrons. The van der Waals surface area contributed by atoms with Gasteiger partial charge in [-0.1, -0.05) is 13.8 Å². The van der Waals surface area contributed by atoms with Gasteiger partial charge < -0.3 is 15.7 Å². The molecule has 0 bridgehead atoms. The number of carbonyl (C=O) groups excluding carboxylic acids is 2. The van der Waals surface area contributed by atoms with Crippen LogP contribution in [0.3, 0.4) is 0 Å². The van der Waals surface area contributed by atoms with E-state index < -0.39 is 12.0 Å². The van der Waals surface area contributed by atoms with Gasteiger partial charge in [0.15, 0.2) is 0 Å². The van der Waals surface area contributed by atoms with Crippen LogP contribution in [0.15, 0.2) is 0 Å². The molecule has 18 heavy (non-hydrogen) atoms. The zero-order chi connectivity index (χ0) is 13.7. The minimum absolute atomic E-state index is 0.0592. The van der Waals surface area contributed by atoms with Crippen molar-refractivity contribution in [2.24, 2.45) is 11.8 Å². The van der Waals surface area contributed by atoms with Crippen molar-refractivity contribution in [3.63, 3.8) is 0 Å². The van der Waals surface area contributed by atoms with Crippen LogP contribution in [0.1, 0.15) is 33.1 Å². The quantitative estimate of drug-likeness (QED) is 0.651. The first-order valence-corrected chi connectivity index (χ1v) is 6.20. The van der Waals surface area contributed by atoms with E-state index >= 15 is 0 Å². The van der Waals surface area contributed by atoms with E-state index in [-0.39, 0.29) is 23.7 Å². The van der Waals surface area contributed by atoms with E-state index in [9.17, 15) is 14.4 Å². The van der Waals surface area contributed by atoms with Gasteiger partial charge in [-0.15, -0.1) is 0 Å². The predicted octanol–water partition coefficient (Wildman–Crippen LogP) is 0.128. The maximum absolute atomic E-state index is 11.9. The van der Waals surface area contributed by atoms with Crippen molar-refractivity contribution in [2.75, 3.05) is 6.54 Å². The fourth-order valence-corrected chi connectivity index (χ4v) is 1.94. The van der Waals surface area contributed by atoms with Gasteiger partial charge in [0.2, 0.25) is 11.8 Å². The molecule has 2 atom stereocenters. The summed E-state index contributed by atoms with van der Waals surface area (Å²) in [6.07, 6.45) is 1.20. The highest BCUT2D eigenvalue weighted by Gasteiger charge is 2.28. The van der Waals surface area contributed by atoms with Crippen molar-refractivity contribution in [2.45, 2.75) is 39.2 Å². The van der Waals surface area contributed by atoms with Crippen LogP contribution >= 0.6 is 0 Å². The van der Waals surface area contributed by atoms with Crippen LogP contribution in [0.2, 0.25) is 0 Å². The highest BCUT2D eigenvalue weighted by Crippen LogP contribution is 2.12. The summed E-state index contributed by atoms with van der Waals surface area (Å²) in [5.41, 5.74) is 0.